The maximum atomic E-state index is 10.8. The topological polar surface area (TPSA) is 119 Å². The molecule has 0 saturated carbocycles. The number of nitrogens with zero attached hydrogens (tertiary/aromatic N) is 1. The Balaban J connectivity index is 3.25. The van der Waals surface area contributed by atoms with E-state index in [-0.39, 0.29) is 16.8 Å². The number of nitrogens with two attached hydrogens (primary N) is 2. The molecule has 0 bridgehead atoms. The molecular weight excluding hydrogens is 186 g/mol. The minimum atomic E-state index is -0.726. The van der Waals surface area contributed by atoms with E-state index >= 15 is 0 Å². The minimum Gasteiger partial charge on any atom is -0.392 e. The molecule has 0 aromatic carbocycles. The van der Waals surface area contributed by atoms with Crippen molar-refractivity contribution in [3.05, 3.63) is 29.1 Å². The predicted molar refractivity (Wildman–Crippen MR) is 47.2 cm³/mol. The molecule has 5 N–H and O–H groups in total. The summed E-state index contributed by atoms with van der Waals surface area (Å²) >= 11 is 0. The summed E-state index contributed by atoms with van der Waals surface area (Å²) in [5, 5.41) is 8.89. The molecule has 0 unspecified atom stereocenters. The van der Waals surface area contributed by atoms with Crippen LogP contribution in [0.15, 0.2) is 12.3 Å². The fraction of sp³-hybridized carbons (Fsp3) is 0.125. The summed E-state index contributed by atoms with van der Waals surface area (Å²) in [5.74, 6) is -1.44. The zero-order valence-electron chi connectivity index (χ0n) is 7.23. The van der Waals surface area contributed by atoms with Crippen molar-refractivity contribution >= 4 is 11.8 Å². The number of rotatable bonds is 3. The Morgan fingerprint density at radius 2 is 2.00 bits per heavy atom. The number of amides is 2. The Kier molecular flexibility index (Phi) is 2.78. The molecular formula is C8H9N3O3. The molecule has 74 valence electrons. The summed E-state index contributed by atoms with van der Waals surface area (Å²) in [4.78, 5) is 25.2. The summed E-state index contributed by atoms with van der Waals surface area (Å²) in [6.45, 7) is -0.402. The van der Waals surface area contributed by atoms with Crippen LogP contribution in [-0.4, -0.2) is 21.9 Å². The molecule has 14 heavy (non-hydrogen) atoms. The lowest BCUT2D eigenvalue weighted by Crippen LogP contribution is -2.18. The highest BCUT2D eigenvalue weighted by molar-refractivity contribution is 5.96. The van der Waals surface area contributed by atoms with Crippen LogP contribution in [0.1, 0.15) is 26.4 Å². The van der Waals surface area contributed by atoms with Gasteiger partial charge < -0.3 is 16.6 Å². The van der Waals surface area contributed by atoms with Gasteiger partial charge in [-0.25, -0.2) is 0 Å². The van der Waals surface area contributed by atoms with Crippen LogP contribution in [-0.2, 0) is 6.61 Å². The fourth-order valence-electron chi connectivity index (χ4n) is 0.984. The Morgan fingerprint density at radius 3 is 2.43 bits per heavy atom. The van der Waals surface area contributed by atoms with Crippen LogP contribution in [0.3, 0.4) is 0 Å². The summed E-state index contributed by atoms with van der Waals surface area (Å²) in [7, 11) is 0. The van der Waals surface area contributed by atoms with Crippen molar-refractivity contribution in [2.24, 2.45) is 11.5 Å². The second-order valence-electron chi connectivity index (χ2n) is 2.61. The second kappa shape index (κ2) is 3.84. The lowest BCUT2D eigenvalue weighted by molar-refractivity contribution is 0.0982. The number of carbonyl (C=O) groups is 2. The quantitative estimate of drug-likeness (QED) is 0.559. The van der Waals surface area contributed by atoms with Gasteiger partial charge in [0.25, 0.3) is 11.8 Å². The van der Waals surface area contributed by atoms with Gasteiger partial charge in [0.2, 0.25) is 0 Å². The number of primary amides is 2. The lowest BCUT2D eigenvalue weighted by atomic mass is 10.1. The molecule has 0 aliphatic carbocycles. The first-order chi connectivity index (χ1) is 6.56. The van der Waals surface area contributed by atoms with Gasteiger partial charge >= 0.3 is 0 Å². The normalized spacial score (nSPS) is 9.79. The number of carbonyl (C=O) groups excluding carboxylic acids is 2. The average Bonchev–Trinajstić information content (AvgIpc) is 2.16. The van der Waals surface area contributed by atoms with Crippen LogP contribution >= 0.6 is 0 Å². The summed E-state index contributed by atoms with van der Waals surface area (Å²) < 4.78 is 0. The van der Waals surface area contributed by atoms with E-state index in [0.717, 1.165) is 6.20 Å². The van der Waals surface area contributed by atoms with Crippen LogP contribution in [0, 0.1) is 0 Å². The fourth-order valence-corrected chi connectivity index (χ4v) is 0.984. The van der Waals surface area contributed by atoms with Gasteiger partial charge in [-0.15, -0.1) is 0 Å². The van der Waals surface area contributed by atoms with Crippen LogP contribution in [0.4, 0.5) is 0 Å². The smallest absolute Gasteiger partial charge is 0.267 e. The Morgan fingerprint density at radius 1 is 1.36 bits per heavy atom. The molecule has 6 nitrogen and oxygen atoms in total. The summed E-state index contributed by atoms with van der Waals surface area (Å²) in [5.41, 5.74) is 10.3. The molecule has 1 aromatic heterocycles. The van der Waals surface area contributed by atoms with E-state index in [2.05, 4.69) is 4.98 Å². The van der Waals surface area contributed by atoms with Crippen LogP contribution in [0.25, 0.3) is 0 Å². The minimum absolute atomic E-state index is 0.0148. The standard InChI is InChI=1S/C8H9N3O3/c9-7(13)5-2-11-6(8(10)14)1-4(5)3-12/h1-2,12H,3H2,(H2,9,13)(H2,10,14). The molecule has 0 spiro atoms. The SMILES string of the molecule is NC(=O)c1cc(CO)c(C(N)=O)cn1. The van der Waals surface area contributed by atoms with Gasteiger partial charge in [0.05, 0.1) is 12.2 Å². The second-order valence-corrected chi connectivity index (χ2v) is 2.61. The van der Waals surface area contributed by atoms with E-state index < -0.39 is 18.4 Å². The molecule has 0 radical (unpaired) electrons. The predicted octanol–water partition coefficient (Wildman–Crippen LogP) is -1.23. The van der Waals surface area contributed by atoms with E-state index in [1.807, 2.05) is 0 Å². The van der Waals surface area contributed by atoms with Crippen molar-refractivity contribution in [3.63, 3.8) is 0 Å². The Bertz CT molecular complexity index is 389. The summed E-state index contributed by atoms with van der Waals surface area (Å²) in [6.07, 6.45) is 1.12. The average molecular weight is 195 g/mol. The van der Waals surface area contributed by atoms with Crippen LogP contribution in [0.2, 0.25) is 0 Å². The molecule has 0 fully saturated rings. The molecule has 0 saturated heterocycles. The third kappa shape index (κ3) is 1.86. The first kappa shape index (κ1) is 10.1. The van der Waals surface area contributed by atoms with Gasteiger partial charge in [-0.05, 0) is 11.6 Å². The Hall–Kier alpha value is -1.95. The van der Waals surface area contributed by atoms with Crippen molar-refractivity contribution < 1.29 is 14.7 Å². The molecule has 2 amide bonds. The summed E-state index contributed by atoms with van der Waals surface area (Å²) in [6, 6.07) is 1.24. The highest BCUT2D eigenvalue weighted by Gasteiger charge is 2.11. The number of aromatic nitrogens is 1. The lowest BCUT2D eigenvalue weighted by Gasteiger charge is -2.03. The van der Waals surface area contributed by atoms with Crippen LogP contribution in [0.5, 0.6) is 0 Å². The molecule has 1 aromatic rings. The van der Waals surface area contributed by atoms with Crippen LogP contribution < -0.4 is 11.5 Å². The first-order valence-electron chi connectivity index (χ1n) is 3.75. The highest BCUT2D eigenvalue weighted by atomic mass is 16.3. The molecule has 0 aliphatic rings. The zero-order valence-corrected chi connectivity index (χ0v) is 7.23. The van der Waals surface area contributed by atoms with Crippen molar-refractivity contribution in [2.45, 2.75) is 6.61 Å². The first-order valence-corrected chi connectivity index (χ1v) is 3.75. The Labute approximate surface area is 79.5 Å². The van der Waals surface area contributed by atoms with Crippen molar-refractivity contribution in [3.8, 4) is 0 Å². The van der Waals surface area contributed by atoms with E-state index in [9.17, 15) is 9.59 Å². The number of aliphatic hydroxyl groups is 1. The monoisotopic (exact) mass is 195 g/mol. The van der Waals surface area contributed by atoms with Gasteiger partial charge in [0.15, 0.2) is 0 Å². The molecule has 0 atom stereocenters. The number of hydrogen-bond donors (Lipinski definition) is 3. The van der Waals surface area contributed by atoms with E-state index in [1.165, 1.54) is 6.07 Å². The van der Waals surface area contributed by atoms with Gasteiger partial charge in [-0.1, -0.05) is 0 Å². The van der Waals surface area contributed by atoms with E-state index in [0.29, 0.717) is 0 Å². The third-order valence-electron chi connectivity index (χ3n) is 1.68. The number of aliphatic hydroxyl groups excluding tert-OH is 1. The maximum Gasteiger partial charge on any atom is 0.267 e. The highest BCUT2D eigenvalue weighted by Crippen LogP contribution is 2.08. The number of hydrogen-bond acceptors (Lipinski definition) is 4. The van der Waals surface area contributed by atoms with Gasteiger partial charge in [0.1, 0.15) is 5.69 Å². The van der Waals surface area contributed by atoms with Crippen molar-refractivity contribution in [1.82, 2.24) is 4.98 Å². The molecule has 1 heterocycles. The number of pyridine rings is 1. The van der Waals surface area contributed by atoms with E-state index in [1.54, 1.807) is 0 Å². The maximum absolute atomic E-state index is 10.8. The largest absolute Gasteiger partial charge is 0.392 e. The molecule has 1 rings (SSSR count). The molecule has 0 aliphatic heterocycles. The van der Waals surface area contributed by atoms with Gasteiger partial charge in [-0.3, -0.25) is 14.6 Å². The van der Waals surface area contributed by atoms with Gasteiger partial charge in [0, 0.05) is 6.20 Å². The molecule has 6 heteroatoms. The van der Waals surface area contributed by atoms with E-state index in [4.69, 9.17) is 16.6 Å². The zero-order chi connectivity index (χ0) is 10.7. The van der Waals surface area contributed by atoms with Gasteiger partial charge in [-0.2, -0.15) is 0 Å². The van der Waals surface area contributed by atoms with Crippen molar-refractivity contribution in [1.29, 1.82) is 0 Å². The van der Waals surface area contributed by atoms with Crippen molar-refractivity contribution in [2.75, 3.05) is 0 Å². The third-order valence-corrected chi connectivity index (χ3v) is 1.68.